The third-order valence-corrected chi connectivity index (χ3v) is 0.267. The number of hydrogen-bond acceptors (Lipinski definition) is 0. The molecule has 0 heterocycles. The summed E-state index contributed by atoms with van der Waals surface area (Å²) < 4.78 is 32.2. The van der Waals surface area contributed by atoms with Crippen LogP contribution < -0.4 is 0 Å². The van der Waals surface area contributed by atoms with Crippen LogP contribution in [0.1, 0.15) is 0 Å². The van der Waals surface area contributed by atoms with E-state index in [1.54, 1.807) is 0 Å². The molecule has 0 aromatic rings. The Balaban J connectivity index is 0. The van der Waals surface area contributed by atoms with Gasteiger partial charge in [0.1, 0.15) is 0 Å². The van der Waals surface area contributed by atoms with Crippen LogP contribution in [0.5, 0.6) is 0 Å². The van der Waals surface area contributed by atoms with Crippen molar-refractivity contribution < 1.29 is 12.9 Å². The van der Waals surface area contributed by atoms with Crippen LogP contribution in [0.25, 0.3) is 0 Å². The second-order valence-corrected chi connectivity index (χ2v) is 0.861. The van der Waals surface area contributed by atoms with Crippen LogP contribution in [-0.4, -0.2) is 58.4 Å². The molecule has 0 unspecified atom stereocenters. The fraction of sp³-hybridized carbons (Fsp3) is 0. The molecule has 0 aliphatic rings. The molecular formula is C2H4BF3K-. The molecule has 38 valence electrons. The molecule has 0 N–H and O–H groups in total. The predicted octanol–water partition coefficient (Wildman–Crippen LogP) is 0.910. The van der Waals surface area contributed by atoms with Crippen molar-refractivity contribution in [3.8, 4) is 0 Å². The van der Waals surface area contributed by atoms with E-state index in [9.17, 15) is 12.9 Å². The van der Waals surface area contributed by atoms with Crippen LogP contribution in [-0.2, 0) is 0 Å². The second kappa shape index (κ2) is 4.14. The van der Waals surface area contributed by atoms with Gasteiger partial charge < -0.3 is 12.9 Å². The van der Waals surface area contributed by atoms with Gasteiger partial charge in [-0.15, -0.1) is 6.58 Å². The quantitative estimate of drug-likeness (QED) is 0.468. The zero-order chi connectivity index (χ0) is 5.21. The van der Waals surface area contributed by atoms with Crippen molar-refractivity contribution in [1.29, 1.82) is 0 Å². The van der Waals surface area contributed by atoms with Gasteiger partial charge in [-0.2, -0.15) is 5.98 Å². The van der Waals surface area contributed by atoms with Crippen molar-refractivity contribution in [3.63, 3.8) is 0 Å². The molecule has 0 bridgehead atoms. The molecule has 0 fully saturated rings. The van der Waals surface area contributed by atoms with Gasteiger partial charge in [0, 0.05) is 0 Å². The van der Waals surface area contributed by atoms with Gasteiger partial charge in [0.2, 0.25) is 0 Å². The summed E-state index contributed by atoms with van der Waals surface area (Å²) in [6.45, 7) is -2.19. The van der Waals surface area contributed by atoms with E-state index in [-0.39, 0.29) is 57.4 Å². The fourth-order valence-corrected chi connectivity index (χ4v) is 0. The Morgan fingerprint density at radius 2 is 1.43 bits per heavy atom. The SMILES string of the molecule is C=C[B-](F)(F)F.[KH]. The van der Waals surface area contributed by atoms with E-state index in [1.807, 2.05) is 0 Å². The third kappa shape index (κ3) is 11.1. The third-order valence-electron chi connectivity index (χ3n) is 0.267. The van der Waals surface area contributed by atoms with Crippen LogP contribution >= 0.6 is 0 Å². The first kappa shape index (κ1) is 11.1. The van der Waals surface area contributed by atoms with Crippen molar-refractivity contribution >= 4 is 58.4 Å². The normalized spacial score (nSPS) is 9.57. The summed E-state index contributed by atoms with van der Waals surface area (Å²) in [5.74, 6) is 0. The number of hydrogen-bond donors (Lipinski definition) is 0. The first-order chi connectivity index (χ1) is 2.56. The Labute approximate surface area is 82.6 Å². The van der Waals surface area contributed by atoms with E-state index < -0.39 is 6.98 Å². The molecule has 0 radical (unpaired) electrons. The molecule has 7 heavy (non-hydrogen) atoms. The average molecular weight is 135 g/mol. The molecule has 0 saturated carbocycles. The Morgan fingerprint density at radius 3 is 1.43 bits per heavy atom. The topological polar surface area (TPSA) is 0 Å². The van der Waals surface area contributed by atoms with Gasteiger partial charge >= 0.3 is 58.4 Å². The van der Waals surface area contributed by atoms with Crippen LogP contribution in [0.3, 0.4) is 0 Å². The van der Waals surface area contributed by atoms with E-state index in [1.165, 1.54) is 0 Å². The molecule has 0 aromatic heterocycles. The van der Waals surface area contributed by atoms with Gasteiger partial charge in [0.15, 0.2) is 0 Å². The van der Waals surface area contributed by atoms with Gasteiger partial charge in [-0.3, -0.25) is 0 Å². The molecule has 0 aliphatic carbocycles. The maximum atomic E-state index is 10.7. The predicted molar refractivity (Wildman–Crippen MR) is 26.4 cm³/mol. The molecule has 0 rings (SSSR count). The van der Waals surface area contributed by atoms with Crippen molar-refractivity contribution in [3.05, 3.63) is 12.6 Å². The molecular weight excluding hydrogens is 131 g/mol. The monoisotopic (exact) mass is 135 g/mol. The Morgan fingerprint density at radius 1 is 1.29 bits per heavy atom. The van der Waals surface area contributed by atoms with Crippen molar-refractivity contribution in [2.24, 2.45) is 0 Å². The fourth-order valence-electron chi connectivity index (χ4n) is 0. The second-order valence-electron chi connectivity index (χ2n) is 0.861. The maximum absolute atomic E-state index is 10.7. The summed E-state index contributed by atoms with van der Waals surface area (Å²) in [4.78, 5) is 0. The van der Waals surface area contributed by atoms with Crippen LogP contribution in [0, 0.1) is 0 Å². The summed E-state index contributed by atoms with van der Waals surface area (Å²) in [7, 11) is 0. The number of halogens is 3. The van der Waals surface area contributed by atoms with E-state index in [0.717, 1.165) is 0 Å². The molecule has 0 spiro atoms. The number of rotatable bonds is 1. The van der Waals surface area contributed by atoms with Crippen molar-refractivity contribution in [2.75, 3.05) is 0 Å². The molecule has 0 amide bonds. The molecule has 0 saturated heterocycles. The molecule has 0 nitrogen and oxygen atoms in total. The van der Waals surface area contributed by atoms with Crippen LogP contribution in [0.4, 0.5) is 12.9 Å². The van der Waals surface area contributed by atoms with Crippen molar-refractivity contribution in [1.82, 2.24) is 0 Å². The van der Waals surface area contributed by atoms with Gasteiger partial charge in [-0.1, -0.05) is 0 Å². The zero-order valence-corrected chi connectivity index (χ0v) is 3.00. The first-order valence-corrected chi connectivity index (χ1v) is 1.40. The minimum absolute atomic E-state index is 0. The molecule has 0 aliphatic heterocycles. The zero-order valence-electron chi connectivity index (χ0n) is 3.00. The van der Waals surface area contributed by atoms with E-state index >= 15 is 0 Å². The molecule has 0 aromatic carbocycles. The van der Waals surface area contributed by atoms with E-state index in [4.69, 9.17) is 0 Å². The average Bonchev–Trinajstić information content (AvgIpc) is 1.35. The standard InChI is InChI=1S/C2H3BF3.K.H/c1-2-3(4,5)6;;/h2H,1H2;;/q-1;;. The van der Waals surface area contributed by atoms with Crippen LogP contribution in [0.2, 0.25) is 0 Å². The van der Waals surface area contributed by atoms with Gasteiger partial charge in [-0.05, 0) is 0 Å². The summed E-state index contributed by atoms with van der Waals surface area (Å²) in [5, 5.41) is 0. The Bertz CT molecular complexity index is 58.4. The summed E-state index contributed by atoms with van der Waals surface area (Å²) in [5.41, 5.74) is 0. The molecule has 5 heteroatoms. The summed E-state index contributed by atoms with van der Waals surface area (Å²) in [6, 6.07) is 0. The Hall–Kier alpha value is 1.23. The van der Waals surface area contributed by atoms with Gasteiger partial charge in [0.05, 0.1) is 0 Å². The minimum atomic E-state index is -4.72. The summed E-state index contributed by atoms with van der Waals surface area (Å²) in [6.07, 6.45) is 0. The van der Waals surface area contributed by atoms with Crippen LogP contribution in [0.15, 0.2) is 12.6 Å². The first-order valence-electron chi connectivity index (χ1n) is 1.40. The Kier molecular flexibility index (Phi) is 6.56. The van der Waals surface area contributed by atoms with Gasteiger partial charge in [0.25, 0.3) is 0 Å². The van der Waals surface area contributed by atoms with Gasteiger partial charge in [-0.25, -0.2) is 0 Å². The molecule has 0 atom stereocenters. The summed E-state index contributed by atoms with van der Waals surface area (Å²) >= 11 is 0. The van der Waals surface area contributed by atoms with E-state index in [0.29, 0.717) is 0 Å². The van der Waals surface area contributed by atoms with E-state index in [2.05, 4.69) is 6.58 Å². The van der Waals surface area contributed by atoms with Crippen molar-refractivity contribution in [2.45, 2.75) is 0 Å².